The summed E-state index contributed by atoms with van der Waals surface area (Å²) < 4.78 is 36.1. The molecule has 3 rings (SSSR count). The standard InChI is InChI=1S/C17H12BrNO6S/c1-24-14-9-7-12(19(20)21)10-16(14)26(22,23)25-15-8-6-11-4-2-3-5-13(11)17(15)18/h2-10H,1H3. The highest BCUT2D eigenvalue weighted by Gasteiger charge is 2.26. The molecule has 9 heteroatoms. The molecule has 0 unspecified atom stereocenters. The topological polar surface area (TPSA) is 95.7 Å². The lowest BCUT2D eigenvalue weighted by atomic mass is 10.1. The lowest BCUT2D eigenvalue weighted by Crippen LogP contribution is -2.12. The molecule has 26 heavy (non-hydrogen) atoms. The lowest BCUT2D eigenvalue weighted by molar-refractivity contribution is -0.385. The second-order valence-corrected chi connectivity index (χ2v) is 7.54. The molecule has 0 heterocycles. The fraction of sp³-hybridized carbons (Fsp3) is 0.0588. The molecule has 0 amide bonds. The summed E-state index contributed by atoms with van der Waals surface area (Å²) in [7, 11) is -3.09. The Morgan fingerprint density at radius 1 is 1.04 bits per heavy atom. The van der Waals surface area contributed by atoms with Crippen LogP contribution in [-0.4, -0.2) is 20.5 Å². The molecule has 0 aromatic heterocycles. The lowest BCUT2D eigenvalue weighted by Gasteiger charge is -2.12. The number of nitro groups is 1. The zero-order valence-electron chi connectivity index (χ0n) is 13.4. The Bertz CT molecular complexity index is 1110. The van der Waals surface area contributed by atoms with E-state index < -0.39 is 19.9 Å². The fourth-order valence-corrected chi connectivity index (χ4v) is 4.22. The molecular formula is C17H12BrNO6S. The highest BCUT2D eigenvalue weighted by Crippen LogP contribution is 2.36. The van der Waals surface area contributed by atoms with Crippen molar-refractivity contribution >= 4 is 42.5 Å². The molecule has 3 aromatic carbocycles. The number of benzene rings is 3. The van der Waals surface area contributed by atoms with E-state index in [4.69, 9.17) is 8.92 Å². The number of rotatable bonds is 5. The van der Waals surface area contributed by atoms with Gasteiger partial charge in [-0.3, -0.25) is 10.1 Å². The van der Waals surface area contributed by atoms with Crippen molar-refractivity contribution in [3.8, 4) is 11.5 Å². The average molecular weight is 438 g/mol. The van der Waals surface area contributed by atoms with Gasteiger partial charge in [-0.05, 0) is 38.8 Å². The van der Waals surface area contributed by atoms with Crippen molar-refractivity contribution in [1.82, 2.24) is 0 Å². The van der Waals surface area contributed by atoms with Crippen LogP contribution in [0.1, 0.15) is 0 Å². The number of non-ortho nitro benzene ring substituents is 1. The van der Waals surface area contributed by atoms with Gasteiger partial charge in [0.2, 0.25) is 0 Å². The molecule has 0 spiro atoms. The highest BCUT2D eigenvalue weighted by molar-refractivity contribution is 9.10. The van der Waals surface area contributed by atoms with Gasteiger partial charge < -0.3 is 8.92 Å². The molecule has 0 bridgehead atoms. The molecular weight excluding hydrogens is 426 g/mol. The number of ether oxygens (including phenoxy) is 1. The van der Waals surface area contributed by atoms with Crippen LogP contribution in [-0.2, 0) is 10.1 Å². The summed E-state index contributed by atoms with van der Waals surface area (Å²) in [5, 5.41) is 12.6. The highest BCUT2D eigenvalue weighted by atomic mass is 79.9. The van der Waals surface area contributed by atoms with Crippen LogP contribution in [0.5, 0.6) is 11.5 Å². The minimum atomic E-state index is -4.36. The van der Waals surface area contributed by atoms with Crippen molar-refractivity contribution in [1.29, 1.82) is 0 Å². The SMILES string of the molecule is COc1ccc([N+](=O)[O-])cc1S(=O)(=O)Oc1ccc2ccccc2c1Br. The van der Waals surface area contributed by atoms with Crippen molar-refractivity contribution in [3.05, 3.63) is 69.2 Å². The second-order valence-electron chi connectivity index (χ2n) is 5.23. The Balaban J connectivity index is 2.09. The minimum Gasteiger partial charge on any atom is -0.495 e. The summed E-state index contributed by atoms with van der Waals surface area (Å²) in [6, 6.07) is 13.9. The van der Waals surface area contributed by atoms with E-state index in [9.17, 15) is 18.5 Å². The van der Waals surface area contributed by atoms with Crippen molar-refractivity contribution in [3.63, 3.8) is 0 Å². The number of methoxy groups -OCH3 is 1. The maximum absolute atomic E-state index is 12.7. The van der Waals surface area contributed by atoms with Crippen LogP contribution in [0.15, 0.2) is 64.0 Å². The summed E-state index contributed by atoms with van der Waals surface area (Å²) in [5.41, 5.74) is -0.384. The number of nitrogens with zero attached hydrogens (tertiary/aromatic N) is 1. The monoisotopic (exact) mass is 437 g/mol. The van der Waals surface area contributed by atoms with Crippen molar-refractivity contribution < 1.29 is 22.3 Å². The van der Waals surface area contributed by atoms with Gasteiger partial charge in [0.05, 0.1) is 16.5 Å². The molecule has 0 N–H and O–H groups in total. The summed E-state index contributed by atoms with van der Waals surface area (Å²) in [4.78, 5) is 9.85. The fourth-order valence-electron chi connectivity index (χ4n) is 2.42. The third kappa shape index (κ3) is 3.35. The molecule has 0 aliphatic rings. The van der Waals surface area contributed by atoms with Crippen LogP contribution < -0.4 is 8.92 Å². The van der Waals surface area contributed by atoms with Crippen molar-refractivity contribution in [2.75, 3.05) is 7.11 Å². The first kappa shape index (κ1) is 18.2. The van der Waals surface area contributed by atoms with Crippen molar-refractivity contribution in [2.45, 2.75) is 4.90 Å². The van der Waals surface area contributed by atoms with Crippen molar-refractivity contribution in [2.24, 2.45) is 0 Å². The van der Waals surface area contributed by atoms with E-state index in [-0.39, 0.29) is 17.2 Å². The normalized spacial score (nSPS) is 11.3. The Kier molecular flexibility index (Phi) is 4.84. The quantitative estimate of drug-likeness (QED) is 0.335. The molecule has 0 saturated heterocycles. The molecule has 7 nitrogen and oxygen atoms in total. The Morgan fingerprint density at radius 3 is 2.42 bits per heavy atom. The van der Waals surface area contributed by atoms with Crippen LogP contribution in [0.4, 0.5) is 5.69 Å². The van der Waals surface area contributed by atoms with E-state index in [2.05, 4.69) is 15.9 Å². The maximum Gasteiger partial charge on any atom is 0.343 e. The summed E-state index contributed by atoms with van der Waals surface area (Å²) in [6.07, 6.45) is 0. The molecule has 134 valence electrons. The molecule has 3 aromatic rings. The number of halogens is 1. The molecule has 0 saturated carbocycles. The Hall–Kier alpha value is -2.65. The van der Waals surface area contributed by atoms with Gasteiger partial charge in [0.15, 0.2) is 10.6 Å². The van der Waals surface area contributed by atoms with Gasteiger partial charge in [-0.1, -0.05) is 30.3 Å². The zero-order chi connectivity index (χ0) is 18.9. The summed E-state index contributed by atoms with van der Waals surface area (Å²) in [6.45, 7) is 0. The van der Waals surface area contributed by atoms with Gasteiger partial charge in [-0.25, -0.2) is 0 Å². The Labute approximate surface area is 157 Å². The molecule has 0 radical (unpaired) electrons. The number of nitro benzene ring substituents is 1. The summed E-state index contributed by atoms with van der Waals surface area (Å²) >= 11 is 3.35. The molecule has 0 aliphatic heterocycles. The molecule has 0 aliphatic carbocycles. The summed E-state index contributed by atoms with van der Waals surface area (Å²) in [5.74, 6) is 0.0183. The third-order valence-electron chi connectivity index (χ3n) is 3.65. The van der Waals surface area contributed by atoms with Crippen LogP contribution in [0.25, 0.3) is 10.8 Å². The minimum absolute atomic E-state index is 0.0486. The maximum atomic E-state index is 12.7. The smallest absolute Gasteiger partial charge is 0.343 e. The predicted molar refractivity (Wildman–Crippen MR) is 99.1 cm³/mol. The van der Waals surface area contributed by atoms with Crippen LogP contribution >= 0.6 is 15.9 Å². The average Bonchev–Trinajstić information content (AvgIpc) is 2.63. The largest absolute Gasteiger partial charge is 0.495 e. The Morgan fingerprint density at radius 2 is 1.73 bits per heavy atom. The number of hydrogen-bond donors (Lipinski definition) is 0. The first-order valence-electron chi connectivity index (χ1n) is 7.27. The molecule has 0 fully saturated rings. The van der Waals surface area contributed by atoms with Gasteiger partial charge in [-0.2, -0.15) is 8.42 Å². The number of fused-ring (bicyclic) bond motifs is 1. The van der Waals surface area contributed by atoms with E-state index in [1.165, 1.54) is 19.2 Å². The van der Waals surface area contributed by atoms with Gasteiger partial charge in [-0.15, -0.1) is 0 Å². The number of hydrogen-bond acceptors (Lipinski definition) is 6. The van der Waals surface area contributed by atoms with E-state index in [1.54, 1.807) is 6.07 Å². The predicted octanol–water partition coefficient (Wildman–Crippen LogP) is 4.29. The van der Waals surface area contributed by atoms with Gasteiger partial charge >= 0.3 is 10.1 Å². The second kappa shape index (κ2) is 6.93. The first-order chi connectivity index (χ1) is 12.3. The van der Waals surface area contributed by atoms with Crippen LogP contribution in [0.3, 0.4) is 0 Å². The van der Waals surface area contributed by atoms with E-state index >= 15 is 0 Å². The first-order valence-corrected chi connectivity index (χ1v) is 9.48. The van der Waals surface area contributed by atoms with E-state index in [0.29, 0.717) is 4.47 Å². The van der Waals surface area contributed by atoms with Crippen LogP contribution in [0, 0.1) is 10.1 Å². The third-order valence-corrected chi connectivity index (χ3v) is 5.73. The zero-order valence-corrected chi connectivity index (χ0v) is 15.8. The van der Waals surface area contributed by atoms with Gasteiger partial charge in [0.25, 0.3) is 5.69 Å². The van der Waals surface area contributed by atoms with Crippen LogP contribution in [0.2, 0.25) is 0 Å². The molecule has 0 atom stereocenters. The van der Waals surface area contributed by atoms with E-state index in [0.717, 1.165) is 22.9 Å². The van der Waals surface area contributed by atoms with E-state index in [1.807, 2.05) is 24.3 Å². The van der Waals surface area contributed by atoms with Gasteiger partial charge in [0.1, 0.15) is 5.75 Å². The van der Waals surface area contributed by atoms with Gasteiger partial charge in [0, 0.05) is 12.1 Å².